The van der Waals surface area contributed by atoms with Crippen LogP contribution in [0.25, 0.3) is 17.3 Å². The molecule has 1 aromatic carbocycles. The molecule has 0 spiro atoms. The first-order valence-electron chi connectivity index (χ1n) is 5.64. The van der Waals surface area contributed by atoms with Gasteiger partial charge in [0, 0.05) is 17.1 Å². The molecular weight excluding hydrogens is 274 g/mol. The van der Waals surface area contributed by atoms with Gasteiger partial charge in [-0.25, -0.2) is 0 Å². The summed E-state index contributed by atoms with van der Waals surface area (Å²) in [6, 6.07) is 14.4. The Bertz CT molecular complexity index is 474. The average molecular weight is 288 g/mol. The minimum Gasteiger partial charge on any atom is -0.256 e. The summed E-state index contributed by atoms with van der Waals surface area (Å²) in [5.41, 5.74) is 3.40. The van der Waals surface area contributed by atoms with Crippen molar-refractivity contribution in [2.24, 2.45) is 0 Å². The minimum absolute atomic E-state index is 1.01. The Labute approximate surface area is 110 Å². The van der Waals surface area contributed by atoms with Crippen LogP contribution in [0.15, 0.2) is 54.7 Å². The quantitative estimate of drug-likeness (QED) is 0.752. The molecule has 0 aliphatic heterocycles. The number of benzene rings is 1. The zero-order valence-electron chi connectivity index (χ0n) is 9.51. The van der Waals surface area contributed by atoms with Gasteiger partial charge in [-0.05, 0) is 24.1 Å². The minimum atomic E-state index is 1.01. The molecule has 86 valence electrons. The lowest BCUT2D eigenvalue weighted by Crippen LogP contribution is -1.81. The molecule has 1 heterocycles. The third kappa shape index (κ3) is 3.53. The van der Waals surface area contributed by atoms with Gasteiger partial charge in [0.25, 0.3) is 0 Å². The molecule has 0 saturated carbocycles. The molecule has 0 aliphatic rings. The number of hydrogen-bond donors (Lipinski definition) is 0. The van der Waals surface area contributed by atoms with Crippen LogP contribution in [-0.4, -0.2) is 10.3 Å². The standard InChI is InChI=1S/C15H14BrN/c16-11-3-1-5-13-7-9-14(10-8-13)15-6-2-4-12-17-15/h1-2,4-10,12H,3,11H2. The Morgan fingerprint density at radius 2 is 1.88 bits per heavy atom. The van der Waals surface area contributed by atoms with E-state index in [1.54, 1.807) is 0 Å². The molecule has 0 radical (unpaired) electrons. The smallest absolute Gasteiger partial charge is 0.0701 e. The van der Waals surface area contributed by atoms with Crippen molar-refractivity contribution < 1.29 is 0 Å². The maximum Gasteiger partial charge on any atom is 0.0701 e. The van der Waals surface area contributed by atoms with Gasteiger partial charge in [0.1, 0.15) is 0 Å². The lowest BCUT2D eigenvalue weighted by Gasteiger charge is -2.00. The summed E-state index contributed by atoms with van der Waals surface area (Å²) in [5, 5.41) is 1.01. The molecule has 2 rings (SSSR count). The fourth-order valence-corrected chi connectivity index (χ4v) is 1.85. The van der Waals surface area contributed by atoms with Gasteiger partial charge in [-0.3, -0.25) is 4.98 Å². The van der Waals surface area contributed by atoms with Gasteiger partial charge in [0.15, 0.2) is 0 Å². The van der Waals surface area contributed by atoms with Crippen LogP contribution in [0.1, 0.15) is 12.0 Å². The highest BCUT2D eigenvalue weighted by Crippen LogP contribution is 2.17. The molecule has 0 atom stereocenters. The summed E-state index contributed by atoms with van der Waals surface area (Å²) in [7, 11) is 0. The van der Waals surface area contributed by atoms with Crippen LogP contribution in [-0.2, 0) is 0 Å². The summed E-state index contributed by atoms with van der Waals surface area (Å²) in [6.07, 6.45) is 7.19. The molecule has 0 saturated heterocycles. The first-order chi connectivity index (χ1) is 8.40. The zero-order valence-corrected chi connectivity index (χ0v) is 11.1. The molecule has 2 aromatic rings. The third-order valence-electron chi connectivity index (χ3n) is 2.46. The maximum absolute atomic E-state index is 4.33. The molecule has 1 aromatic heterocycles. The number of pyridine rings is 1. The molecule has 0 bridgehead atoms. The molecule has 0 unspecified atom stereocenters. The van der Waals surface area contributed by atoms with E-state index in [-0.39, 0.29) is 0 Å². The summed E-state index contributed by atoms with van der Waals surface area (Å²) in [4.78, 5) is 4.33. The molecule has 17 heavy (non-hydrogen) atoms. The zero-order chi connectivity index (χ0) is 11.9. The normalized spacial score (nSPS) is 10.9. The van der Waals surface area contributed by atoms with Gasteiger partial charge >= 0.3 is 0 Å². The SMILES string of the molecule is BrCCC=Cc1ccc(-c2ccccn2)cc1. The fraction of sp³-hybridized carbons (Fsp3) is 0.133. The van der Waals surface area contributed by atoms with Gasteiger partial charge in [-0.1, -0.05) is 58.4 Å². The number of alkyl halides is 1. The number of halogens is 1. The Hall–Kier alpha value is -1.41. The fourth-order valence-electron chi connectivity index (χ4n) is 1.58. The maximum atomic E-state index is 4.33. The Morgan fingerprint density at radius 1 is 1.06 bits per heavy atom. The molecule has 1 nitrogen and oxygen atoms in total. The van der Waals surface area contributed by atoms with E-state index >= 15 is 0 Å². The van der Waals surface area contributed by atoms with E-state index in [0.717, 1.165) is 23.0 Å². The molecule has 0 amide bonds. The summed E-state index contributed by atoms with van der Waals surface area (Å²) in [5.74, 6) is 0. The van der Waals surface area contributed by atoms with Crippen molar-refractivity contribution >= 4 is 22.0 Å². The van der Waals surface area contributed by atoms with E-state index in [4.69, 9.17) is 0 Å². The number of allylic oxidation sites excluding steroid dienone is 1. The highest BCUT2D eigenvalue weighted by Gasteiger charge is 1.96. The second-order valence-electron chi connectivity index (χ2n) is 3.72. The van der Waals surface area contributed by atoms with Crippen LogP contribution in [0.4, 0.5) is 0 Å². The van der Waals surface area contributed by atoms with Crippen molar-refractivity contribution in [1.82, 2.24) is 4.98 Å². The molecular formula is C15H14BrN. The molecule has 0 aliphatic carbocycles. The third-order valence-corrected chi connectivity index (χ3v) is 2.92. The van der Waals surface area contributed by atoms with Crippen LogP contribution < -0.4 is 0 Å². The van der Waals surface area contributed by atoms with Crippen LogP contribution >= 0.6 is 15.9 Å². The summed E-state index contributed by atoms with van der Waals surface area (Å²) in [6.45, 7) is 0. The van der Waals surface area contributed by atoms with Crippen LogP contribution in [0.2, 0.25) is 0 Å². The van der Waals surface area contributed by atoms with E-state index in [0.29, 0.717) is 0 Å². The van der Waals surface area contributed by atoms with E-state index in [2.05, 4.69) is 57.3 Å². The van der Waals surface area contributed by atoms with Crippen LogP contribution in [0.5, 0.6) is 0 Å². The number of hydrogen-bond acceptors (Lipinski definition) is 1. The Morgan fingerprint density at radius 3 is 2.53 bits per heavy atom. The summed E-state index contributed by atoms with van der Waals surface area (Å²) < 4.78 is 0. The first kappa shape index (κ1) is 12.1. The van der Waals surface area contributed by atoms with Crippen molar-refractivity contribution in [3.63, 3.8) is 0 Å². The topological polar surface area (TPSA) is 12.9 Å². The van der Waals surface area contributed by atoms with Crippen molar-refractivity contribution in [1.29, 1.82) is 0 Å². The van der Waals surface area contributed by atoms with Crippen molar-refractivity contribution in [2.75, 3.05) is 5.33 Å². The lowest BCUT2D eigenvalue weighted by atomic mass is 10.1. The van der Waals surface area contributed by atoms with E-state index in [9.17, 15) is 0 Å². The Kier molecular flexibility index (Phi) is 4.51. The average Bonchev–Trinajstić information content (AvgIpc) is 2.41. The van der Waals surface area contributed by atoms with E-state index < -0.39 is 0 Å². The van der Waals surface area contributed by atoms with Crippen LogP contribution in [0, 0.1) is 0 Å². The predicted molar refractivity (Wildman–Crippen MR) is 77.1 cm³/mol. The van der Waals surface area contributed by atoms with Gasteiger partial charge in [-0.15, -0.1) is 0 Å². The number of rotatable bonds is 4. The predicted octanol–water partition coefficient (Wildman–Crippen LogP) is 4.55. The van der Waals surface area contributed by atoms with Gasteiger partial charge in [0.05, 0.1) is 5.69 Å². The van der Waals surface area contributed by atoms with Crippen molar-refractivity contribution in [3.8, 4) is 11.3 Å². The van der Waals surface area contributed by atoms with Crippen molar-refractivity contribution in [3.05, 3.63) is 60.3 Å². The first-order valence-corrected chi connectivity index (χ1v) is 6.76. The number of nitrogens with zero attached hydrogens (tertiary/aromatic N) is 1. The Balaban J connectivity index is 2.13. The van der Waals surface area contributed by atoms with E-state index in [1.807, 2.05) is 24.4 Å². The largest absolute Gasteiger partial charge is 0.256 e. The second kappa shape index (κ2) is 6.36. The summed E-state index contributed by atoms with van der Waals surface area (Å²) >= 11 is 3.41. The monoisotopic (exact) mass is 287 g/mol. The highest BCUT2D eigenvalue weighted by molar-refractivity contribution is 9.09. The molecule has 2 heteroatoms. The molecule has 0 fully saturated rings. The lowest BCUT2D eigenvalue weighted by molar-refractivity contribution is 1.27. The van der Waals surface area contributed by atoms with Crippen molar-refractivity contribution in [2.45, 2.75) is 6.42 Å². The number of aromatic nitrogens is 1. The molecule has 0 N–H and O–H groups in total. The highest BCUT2D eigenvalue weighted by atomic mass is 79.9. The van der Waals surface area contributed by atoms with Gasteiger partial charge < -0.3 is 0 Å². The van der Waals surface area contributed by atoms with Crippen LogP contribution in [0.3, 0.4) is 0 Å². The van der Waals surface area contributed by atoms with E-state index in [1.165, 1.54) is 5.56 Å². The van der Waals surface area contributed by atoms with Gasteiger partial charge in [0.2, 0.25) is 0 Å². The van der Waals surface area contributed by atoms with Gasteiger partial charge in [-0.2, -0.15) is 0 Å². The second-order valence-corrected chi connectivity index (χ2v) is 4.51.